The number of halogens is 1. The van der Waals surface area contributed by atoms with Gasteiger partial charge in [0.05, 0.1) is 17.4 Å². The summed E-state index contributed by atoms with van der Waals surface area (Å²) in [6, 6.07) is 21.0. The van der Waals surface area contributed by atoms with E-state index in [2.05, 4.69) is 5.32 Å². The van der Waals surface area contributed by atoms with E-state index in [4.69, 9.17) is 4.84 Å². The van der Waals surface area contributed by atoms with Crippen molar-refractivity contribution in [2.24, 2.45) is 5.92 Å². The lowest BCUT2D eigenvalue weighted by molar-refractivity contribution is -0.126. The van der Waals surface area contributed by atoms with Crippen LogP contribution in [0.1, 0.15) is 18.5 Å². The minimum Gasteiger partial charge on any atom is -0.326 e. The zero-order valence-corrected chi connectivity index (χ0v) is 17.6. The van der Waals surface area contributed by atoms with Crippen molar-refractivity contribution in [2.75, 3.05) is 15.3 Å². The summed E-state index contributed by atoms with van der Waals surface area (Å²) in [6.45, 7) is 1.42. The molecule has 1 N–H and O–H groups in total. The van der Waals surface area contributed by atoms with Crippen LogP contribution in [0.25, 0.3) is 0 Å². The largest absolute Gasteiger partial charge is 0.326 e. The maximum atomic E-state index is 13.5. The van der Waals surface area contributed by atoms with E-state index in [1.54, 1.807) is 29.3 Å². The molecule has 3 atom stereocenters. The second kappa shape index (κ2) is 8.14. The molecule has 2 aliphatic rings. The van der Waals surface area contributed by atoms with E-state index < -0.39 is 35.7 Å². The Morgan fingerprint density at radius 3 is 2.18 bits per heavy atom. The van der Waals surface area contributed by atoms with Crippen LogP contribution in [0.15, 0.2) is 78.9 Å². The van der Waals surface area contributed by atoms with Crippen molar-refractivity contribution in [3.63, 3.8) is 0 Å². The van der Waals surface area contributed by atoms with Crippen LogP contribution in [0.3, 0.4) is 0 Å². The van der Waals surface area contributed by atoms with Gasteiger partial charge in [-0.15, -0.1) is 0 Å². The summed E-state index contributed by atoms with van der Waals surface area (Å²) < 4.78 is 13.4. The number of imide groups is 1. The van der Waals surface area contributed by atoms with Gasteiger partial charge in [-0.05, 0) is 54.1 Å². The Labute approximate surface area is 189 Å². The number of fused-ring (bicyclic) bond motifs is 1. The van der Waals surface area contributed by atoms with Crippen molar-refractivity contribution in [1.29, 1.82) is 0 Å². The van der Waals surface area contributed by atoms with E-state index in [-0.39, 0.29) is 5.91 Å². The Kier molecular flexibility index (Phi) is 5.14. The topological polar surface area (TPSA) is 79.0 Å². The number of benzene rings is 3. The molecule has 5 rings (SSSR count). The van der Waals surface area contributed by atoms with E-state index in [1.165, 1.54) is 31.2 Å². The third-order valence-corrected chi connectivity index (χ3v) is 5.78. The smallest absolute Gasteiger partial charge is 0.266 e. The molecule has 0 spiro atoms. The summed E-state index contributed by atoms with van der Waals surface area (Å²) in [5, 5.41) is 4.31. The summed E-state index contributed by atoms with van der Waals surface area (Å²) >= 11 is 0. The molecule has 8 heteroatoms. The van der Waals surface area contributed by atoms with Gasteiger partial charge in [-0.3, -0.25) is 19.2 Å². The van der Waals surface area contributed by atoms with Crippen molar-refractivity contribution in [1.82, 2.24) is 0 Å². The van der Waals surface area contributed by atoms with E-state index in [0.717, 1.165) is 10.5 Å². The van der Waals surface area contributed by atoms with Gasteiger partial charge in [-0.2, -0.15) is 0 Å². The van der Waals surface area contributed by atoms with Crippen molar-refractivity contribution >= 4 is 34.8 Å². The Morgan fingerprint density at radius 1 is 0.879 bits per heavy atom. The minimum absolute atomic E-state index is 0.190. The van der Waals surface area contributed by atoms with Gasteiger partial charge >= 0.3 is 0 Å². The predicted molar refractivity (Wildman–Crippen MR) is 120 cm³/mol. The number of rotatable bonds is 4. The highest BCUT2D eigenvalue weighted by Gasteiger charge is 2.60. The molecule has 0 bridgehead atoms. The number of hydrogen-bond acceptors (Lipinski definition) is 5. The van der Waals surface area contributed by atoms with Gasteiger partial charge in [0.15, 0.2) is 6.10 Å². The van der Waals surface area contributed by atoms with Crippen molar-refractivity contribution < 1.29 is 23.6 Å². The summed E-state index contributed by atoms with van der Waals surface area (Å²) in [5.41, 5.74) is 2.38. The molecule has 166 valence electrons. The highest BCUT2D eigenvalue weighted by molar-refractivity contribution is 6.23. The summed E-state index contributed by atoms with van der Waals surface area (Å²) in [7, 11) is 0. The first-order chi connectivity index (χ1) is 15.9. The van der Waals surface area contributed by atoms with Crippen LogP contribution in [0.2, 0.25) is 0 Å². The highest BCUT2D eigenvalue weighted by atomic mass is 19.1. The van der Waals surface area contributed by atoms with Crippen molar-refractivity contribution in [2.45, 2.75) is 19.1 Å². The van der Waals surface area contributed by atoms with E-state index in [0.29, 0.717) is 17.1 Å². The fourth-order valence-electron chi connectivity index (χ4n) is 4.36. The van der Waals surface area contributed by atoms with Gasteiger partial charge in [0, 0.05) is 12.6 Å². The van der Waals surface area contributed by atoms with Crippen LogP contribution in [0.4, 0.5) is 21.5 Å². The lowest BCUT2D eigenvalue weighted by Gasteiger charge is -2.28. The highest BCUT2D eigenvalue weighted by Crippen LogP contribution is 2.47. The van der Waals surface area contributed by atoms with E-state index in [1.807, 2.05) is 30.3 Å². The number of carbonyl (C=O) groups excluding carboxylic acids is 3. The van der Waals surface area contributed by atoms with E-state index >= 15 is 0 Å². The quantitative estimate of drug-likeness (QED) is 0.618. The lowest BCUT2D eigenvalue weighted by Crippen LogP contribution is -2.37. The van der Waals surface area contributed by atoms with Crippen LogP contribution < -0.4 is 15.3 Å². The number of carbonyl (C=O) groups is 3. The van der Waals surface area contributed by atoms with Gasteiger partial charge < -0.3 is 5.32 Å². The fraction of sp³-hybridized carbons (Fsp3) is 0.160. The molecule has 7 nitrogen and oxygen atoms in total. The van der Waals surface area contributed by atoms with Crippen LogP contribution in [0, 0.1) is 11.7 Å². The fourth-order valence-corrected chi connectivity index (χ4v) is 4.36. The number of nitrogens with one attached hydrogen (secondary N) is 1. The molecule has 0 unspecified atom stereocenters. The Hall–Kier alpha value is -4.04. The normalized spacial score (nSPS) is 21.9. The molecule has 2 fully saturated rings. The number of anilines is 3. The Morgan fingerprint density at radius 2 is 1.55 bits per heavy atom. The third kappa shape index (κ3) is 3.64. The Bertz CT molecular complexity index is 1210. The predicted octanol–water partition coefficient (Wildman–Crippen LogP) is 3.84. The van der Waals surface area contributed by atoms with Crippen molar-refractivity contribution in [3.8, 4) is 0 Å². The van der Waals surface area contributed by atoms with Gasteiger partial charge in [0.1, 0.15) is 11.7 Å². The molecule has 2 saturated heterocycles. The minimum atomic E-state index is -1.01. The van der Waals surface area contributed by atoms with Crippen LogP contribution >= 0.6 is 0 Å². The monoisotopic (exact) mass is 445 g/mol. The Balaban J connectivity index is 1.54. The summed E-state index contributed by atoms with van der Waals surface area (Å²) in [5.74, 6) is -2.35. The van der Waals surface area contributed by atoms with E-state index in [9.17, 15) is 18.8 Å². The summed E-state index contributed by atoms with van der Waals surface area (Å²) in [4.78, 5) is 45.2. The molecule has 2 aliphatic heterocycles. The zero-order valence-electron chi connectivity index (χ0n) is 17.6. The molecule has 0 aliphatic carbocycles. The van der Waals surface area contributed by atoms with Gasteiger partial charge in [-0.25, -0.2) is 14.4 Å². The number of nitrogens with zero attached hydrogens (tertiary/aromatic N) is 2. The molecule has 0 saturated carbocycles. The molecular formula is C25H20FN3O4. The second-order valence-corrected chi connectivity index (χ2v) is 7.95. The lowest BCUT2D eigenvalue weighted by atomic mass is 9.90. The standard InChI is InChI=1S/C25H20FN3O4/c1-15(30)27-18-11-7-16(8-12-18)22-21-23(33-29(22)20-5-3-2-4-6-20)25(32)28(24(21)31)19-13-9-17(26)10-14-19/h2-14,21-23H,1H3,(H,27,30)/t21-,22-,23+/m1/s1. The molecule has 2 heterocycles. The maximum absolute atomic E-state index is 13.5. The SMILES string of the molecule is CC(=O)Nc1ccc([C@@H]2[C@H]3C(=O)N(c4ccc(F)cc4)C(=O)[C@H]3ON2c2ccccc2)cc1. The molecule has 3 amide bonds. The first-order valence-electron chi connectivity index (χ1n) is 10.5. The third-order valence-electron chi connectivity index (χ3n) is 5.78. The summed E-state index contributed by atoms with van der Waals surface area (Å²) in [6.07, 6.45) is -1.01. The second-order valence-electron chi connectivity index (χ2n) is 7.95. The molecule has 3 aromatic rings. The first-order valence-corrected chi connectivity index (χ1v) is 10.5. The average Bonchev–Trinajstić information content (AvgIpc) is 3.32. The molecule has 33 heavy (non-hydrogen) atoms. The van der Waals surface area contributed by atoms with Gasteiger partial charge in [-0.1, -0.05) is 30.3 Å². The van der Waals surface area contributed by atoms with Gasteiger partial charge in [0.2, 0.25) is 11.8 Å². The number of hydrogen-bond donors (Lipinski definition) is 1. The number of para-hydroxylation sites is 1. The van der Waals surface area contributed by atoms with Crippen LogP contribution in [0.5, 0.6) is 0 Å². The van der Waals surface area contributed by atoms with Crippen molar-refractivity contribution in [3.05, 3.63) is 90.2 Å². The zero-order chi connectivity index (χ0) is 23.1. The van der Waals surface area contributed by atoms with Crippen LogP contribution in [-0.4, -0.2) is 23.8 Å². The first kappa shape index (κ1) is 20.8. The average molecular weight is 445 g/mol. The molecule has 0 aromatic heterocycles. The maximum Gasteiger partial charge on any atom is 0.266 e. The van der Waals surface area contributed by atoms with Gasteiger partial charge in [0.25, 0.3) is 5.91 Å². The molecule has 0 radical (unpaired) electrons. The number of amides is 3. The molecule has 3 aromatic carbocycles. The number of hydroxylamine groups is 1. The van der Waals surface area contributed by atoms with Crippen LogP contribution in [-0.2, 0) is 19.2 Å². The molecular weight excluding hydrogens is 425 g/mol.